The lowest BCUT2D eigenvalue weighted by molar-refractivity contribution is -0.915. The first-order valence-electron chi connectivity index (χ1n) is 7.24. The number of nitrogens with one attached hydrogen (secondary N) is 2. The van der Waals surface area contributed by atoms with Crippen LogP contribution in [0.1, 0.15) is 6.42 Å². The summed E-state index contributed by atoms with van der Waals surface area (Å²) < 4.78 is 5.16. The van der Waals surface area contributed by atoms with E-state index in [1.807, 2.05) is 12.1 Å². The zero-order valence-electron chi connectivity index (χ0n) is 12.1. The molecule has 2 N–H and O–H groups in total. The number of hydrogen-bond acceptors (Lipinski definition) is 4. The fraction of sp³-hybridized carbons (Fsp3) is 0.467. The van der Waals surface area contributed by atoms with E-state index in [0.717, 1.165) is 31.9 Å². The summed E-state index contributed by atoms with van der Waals surface area (Å²) in [6.07, 6.45) is 0.330. The van der Waals surface area contributed by atoms with Crippen LogP contribution in [0.4, 0.5) is 5.69 Å². The highest BCUT2D eigenvalue weighted by Gasteiger charge is 2.40. The van der Waals surface area contributed by atoms with Crippen LogP contribution in [0, 0.1) is 0 Å². The molecule has 2 heterocycles. The van der Waals surface area contributed by atoms with Gasteiger partial charge in [0.1, 0.15) is 5.75 Å². The molecule has 0 aromatic heterocycles. The van der Waals surface area contributed by atoms with E-state index in [4.69, 9.17) is 4.74 Å². The Bertz CT molecular complexity index is 536. The van der Waals surface area contributed by atoms with Gasteiger partial charge in [-0.3, -0.25) is 14.9 Å². The predicted molar refractivity (Wildman–Crippen MR) is 77.5 cm³/mol. The van der Waals surface area contributed by atoms with Crippen LogP contribution in [0.2, 0.25) is 0 Å². The summed E-state index contributed by atoms with van der Waals surface area (Å²) in [5.41, 5.74) is 1.17. The van der Waals surface area contributed by atoms with Gasteiger partial charge in [-0.1, -0.05) is 0 Å². The maximum absolute atomic E-state index is 11.7. The van der Waals surface area contributed by atoms with E-state index in [1.54, 1.807) is 7.11 Å². The SMILES string of the molecule is COc1ccc(N2CC[NH+]([C@@H]3CC(=O)NC3=O)CC2)cc1. The van der Waals surface area contributed by atoms with E-state index < -0.39 is 0 Å². The highest BCUT2D eigenvalue weighted by Crippen LogP contribution is 2.19. The summed E-state index contributed by atoms with van der Waals surface area (Å²) in [7, 11) is 1.66. The van der Waals surface area contributed by atoms with Crippen molar-refractivity contribution in [3.05, 3.63) is 24.3 Å². The zero-order chi connectivity index (χ0) is 14.8. The number of carbonyl (C=O) groups excluding carboxylic acids is 2. The Labute approximate surface area is 123 Å². The number of nitrogens with zero attached hydrogens (tertiary/aromatic N) is 1. The molecule has 2 aliphatic heterocycles. The average Bonchev–Trinajstić information content (AvgIpc) is 2.86. The Morgan fingerprint density at radius 2 is 1.86 bits per heavy atom. The standard InChI is InChI=1S/C15H19N3O3/c1-21-12-4-2-11(3-5-12)17-6-8-18(9-7-17)13-10-14(19)16-15(13)20/h2-5,13H,6-10H2,1H3,(H,16,19,20)/p+1/t13-/m1/s1. The van der Waals surface area contributed by atoms with Crippen molar-refractivity contribution in [2.75, 3.05) is 38.2 Å². The van der Waals surface area contributed by atoms with Crippen LogP contribution < -0.4 is 19.9 Å². The van der Waals surface area contributed by atoms with Gasteiger partial charge in [0.05, 0.1) is 39.7 Å². The Balaban J connectivity index is 1.59. The molecule has 0 spiro atoms. The molecule has 1 aromatic carbocycles. The van der Waals surface area contributed by atoms with Gasteiger partial charge in [0.15, 0.2) is 6.04 Å². The molecule has 112 valence electrons. The number of benzene rings is 1. The number of hydrogen-bond donors (Lipinski definition) is 2. The van der Waals surface area contributed by atoms with Crippen LogP contribution in [-0.4, -0.2) is 51.1 Å². The van der Waals surface area contributed by atoms with E-state index in [0.29, 0.717) is 6.42 Å². The first-order valence-corrected chi connectivity index (χ1v) is 7.24. The second kappa shape index (κ2) is 5.73. The molecular weight excluding hydrogens is 270 g/mol. The molecular formula is C15H20N3O3+. The van der Waals surface area contributed by atoms with E-state index in [9.17, 15) is 9.59 Å². The summed E-state index contributed by atoms with van der Waals surface area (Å²) in [4.78, 5) is 26.5. The number of quaternary nitrogens is 1. The molecule has 1 aromatic rings. The van der Waals surface area contributed by atoms with Gasteiger partial charge in [-0.05, 0) is 24.3 Å². The quantitative estimate of drug-likeness (QED) is 0.688. The van der Waals surface area contributed by atoms with Gasteiger partial charge in [-0.15, -0.1) is 0 Å². The molecule has 2 amide bonds. The summed E-state index contributed by atoms with van der Waals surface area (Å²) in [5.74, 6) is 0.590. The minimum atomic E-state index is -0.199. The molecule has 6 nitrogen and oxygen atoms in total. The van der Waals surface area contributed by atoms with Crippen molar-refractivity contribution in [2.45, 2.75) is 12.5 Å². The van der Waals surface area contributed by atoms with E-state index >= 15 is 0 Å². The second-order valence-corrected chi connectivity index (χ2v) is 5.51. The highest BCUT2D eigenvalue weighted by atomic mass is 16.5. The highest BCUT2D eigenvalue weighted by molar-refractivity contribution is 6.04. The minimum Gasteiger partial charge on any atom is -0.497 e. The number of methoxy groups -OCH3 is 1. The maximum atomic E-state index is 11.7. The first kappa shape index (κ1) is 13.9. The smallest absolute Gasteiger partial charge is 0.285 e. The van der Waals surface area contributed by atoms with Crippen LogP contribution in [0.3, 0.4) is 0 Å². The zero-order valence-corrected chi connectivity index (χ0v) is 12.1. The molecule has 1 atom stereocenters. The van der Waals surface area contributed by atoms with Crippen molar-refractivity contribution in [2.24, 2.45) is 0 Å². The lowest BCUT2D eigenvalue weighted by Crippen LogP contribution is -3.19. The van der Waals surface area contributed by atoms with Crippen LogP contribution in [-0.2, 0) is 9.59 Å². The van der Waals surface area contributed by atoms with Gasteiger partial charge >= 0.3 is 0 Å². The number of rotatable bonds is 3. The molecule has 21 heavy (non-hydrogen) atoms. The minimum absolute atomic E-state index is 0.118. The monoisotopic (exact) mass is 290 g/mol. The third-order valence-electron chi connectivity index (χ3n) is 4.30. The van der Waals surface area contributed by atoms with Gasteiger partial charge in [-0.25, -0.2) is 0 Å². The second-order valence-electron chi connectivity index (χ2n) is 5.51. The maximum Gasteiger partial charge on any atom is 0.285 e. The van der Waals surface area contributed by atoms with Crippen LogP contribution >= 0.6 is 0 Å². The number of ether oxygens (including phenoxy) is 1. The molecule has 2 fully saturated rings. The number of amides is 2. The Morgan fingerprint density at radius 1 is 1.19 bits per heavy atom. The molecule has 3 rings (SSSR count). The Kier molecular flexibility index (Phi) is 3.79. The molecule has 6 heteroatoms. The Morgan fingerprint density at radius 3 is 2.38 bits per heavy atom. The van der Waals surface area contributed by atoms with Gasteiger partial charge in [-0.2, -0.15) is 0 Å². The van der Waals surface area contributed by atoms with Crippen LogP contribution in [0.15, 0.2) is 24.3 Å². The first-order chi connectivity index (χ1) is 10.2. The Hall–Kier alpha value is -2.08. The van der Waals surface area contributed by atoms with E-state index in [1.165, 1.54) is 10.6 Å². The van der Waals surface area contributed by atoms with Crippen LogP contribution in [0.25, 0.3) is 0 Å². The van der Waals surface area contributed by atoms with Crippen LogP contribution in [0.5, 0.6) is 5.75 Å². The predicted octanol–water partition coefficient (Wildman–Crippen LogP) is -1.18. The molecule has 0 saturated carbocycles. The van der Waals surface area contributed by atoms with Crippen molar-refractivity contribution < 1.29 is 19.2 Å². The molecule has 2 saturated heterocycles. The molecule has 0 aliphatic carbocycles. The molecule has 2 aliphatic rings. The number of piperazine rings is 1. The fourth-order valence-electron chi connectivity index (χ4n) is 3.08. The van der Waals surface area contributed by atoms with Gasteiger partial charge < -0.3 is 14.5 Å². The van der Waals surface area contributed by atoms with Gasteiger partial charge in [0.25, 0.3) is 5.91 Å². The van der Waals surface area contributed by atoms with Crippen molar-refractivity contribution in [1.29, 1.82) is 0 Å². The van der Waals surface area contributed by atoms with Crippen molar-refractivity contribution in [3.8, 4) is 5.75 Å². The summed E-state index contributed by atoms with van der Waals surface area (Å²) in [5, 5.41) is 2.39. The third kappa shape index (κ3) is 2.85. The topological polar surface area (TPSA) is 63.1 Å². The fourth-order valence-corrected chi connectivity index (χ4v) is 3.08. The van der Waals surface area contributed by atoms with Crippen molar-refractivity contribution in [3.63, 3.8) is 0 Å². The van der Waals surface area contributed by atoms with Gasteiger partial charge in [0, 0.05) is 5.69 Å². The lowest BCUT2D eigenvalue weighted by atomic mass is 10.1. The van der Waals surface area contributed by atoms with E-state index in [2.05, 4.69) is 22.3 Å². The van der Waals surface area contributed by atoms with E-state index in [-0.39, 0.29) is 17.9 Å². The summed E-state index contributed by atoms with van der Waals surface area (Å²) in [6, 6.07) is 7.82. The normalized spacial score (nSPS) is 23.3. The molecule has 0 radical (unpaired) electrons. The lowest BCUT2D eigenvalue weighted by Gasteiger charge is -2.35. The number of carbonyl (C=O) groups is 2. The number of anilines is 1. The van der Waals surface area contributed by atoms with Crippen molar-refractivity contribution >= 4 is 17.5 Å². The average molecular weight is 290 g/mol. The number of imide groups is 1. The third-order valence-corrected chi connectivity index (χ3v) is 4.30. The van der Waals surface area contributed by atoms with Gasteiger partial charge in [0.2, 0.25) is 5.91 Å². The molecule has 0 unspecified atom stereocenters. The molecule has 0 bridgehead atoms. The van der Waals surface area contributed by atoms with Crippen molar-refractivity contribution in [1.82, 2.24) is 5.32 Å². The summed E-state index contributed by atoms with van der Waals surface area (Å²) >= 11 is 0. The largest absolute Gasteiger partial charge is 0.497 e. The summed E-state index contributed by atoms with van der Waals surface area (Å²) in [6.45, 7) is 3.52.